The predicted molar refractivity (Wildman–Crippen MR) is 67.1 cm³/mol. The van der Waals surface area contributed by atoms with E-state index in [1.165, 1.54) is 6.26 Å². The molecule has 5 heteroatoms. The maximum Gasteiger partial charge on any atom is 0.408 e. The maximum atomic E-state index is 11.7. The molecule has 0 fully saturated rings. The third kappa shape index (κ3) is 4.41. The number of hydrogen-bond acceptors (Lipinski definition) is 4. The highest BCUT2D eigenvalue weighted by molar-refractivity contribution is 5.68. The van der Waals surface area contributed by atoms with Gasteiger partial charge in [-0.1, -0.05) is 6.92 Å². The molecule has 0 aromatic carbocycles. The summed E-state index contributed by atoms with van der Waals surface area (Å²) in [6, 6.07) is 3.09. The van der Waals surface area contributed by atoms with Crippen LogP contribution in [0.5, 0.6) is 0 Å². The van der Waals surface area contributed by atoms with E-state index in [1.807, 2.05) is 6.92 Å². The Bertz CT molecular complexity index is 367. The van der Waals surface area contributed by atoms with E-state index in [0.717, 1.165) is 0 Å². The van der Waals surface area contributed by atoms with E-state index in [9.17, 15) is 9.90 Å². The zero-order valence-electron chi connectivity index (χ0n) is 11.3. The molecule has 0 bridgehead atoms. The molecule has 0 spiro atoms. The van der Waals surface area contributed by atoms with Gasteiger partial charge in [0, 0.05) is 12.5 Å². The molecule has 0 saturated carbocycles. The van der Waals surface area contributed by atoms with Gasteiger partial charge in [-0.3, -0.25) is 0 Å². The summed E-state index contributed by atoms with van der Waals surface area (Å²) in [6.07, 6.45) is 1.01. The molecular weight excluding hydrogens is 234 g/mol. The van der Waals surface area contributed by atoms with E-state index in [4.69, 9.17) is 9.15 Å². The number of nitrogens with one attached hydrogen (secondary N) is 1. The van der Waals surface area contributed by atoms with Gasteiger partial charge < -0.3 is 19.6 Å². The lowest BCUT2D eigenvalue weighted by molar-refractivity contribution is 0.0464. The summed E-state index contributed by atoms with van der Waals surface area (Å²) in [7, 11) is 0. The Kier molecular flexibility index (Phi) is 4.78. The molecule has 0 radical (unpaired) electrons. The number of amides is 1. The smallest absolute Gasteiger partial charge is 0.408 e. The number of carbonyl (C=O) groups is 1. The lowest BCUT2D eigenvalue weighted by Gasteiger charge is -2.25. The zero-order chi connectivity index (χ0) is 13.8. The average Bonchev–Trinajstić information content (AvgIpc) is 2.75. The largest absolute Gasteiger partial charge is 0.467 e. The standard InChI is InChI=1S/C13H21NO4/c1-9(8-15)11(10-6-5-7-17-10)14-12(16)18-13(2,3)4/h5-7,9,11,15H,8H2,1-4H3,(H,14,16)/t9-,11+/m1/s1. The van der Waals surface area contributed by atoms with Crippen LogP contribution in [0.4, 0.5) is 4.79 Å². The van der Waals surface area contributed by atoms with E-state index in [1.54, 1.807) is 32.9 Å². The van der Waals surface area contributed by atoms with Gasteiger partial charge >= 0.3 is 6.09 Å². The molecule has 0 aliphatic carbocycles. The lowest BCUT2D eigenvalue weighted by Crippen LogP contribution is -2.37. The van der Waals surface area contributed by atoms with E-state index >= 15 is 0 Å². The number of ether oxygens (including phenoxy) is 1. The Labute approximate surface area is 107 Å². The zero-order valence-corrected chi connectivity index (χ0v) is 11.3. The number of aliphatic hydroxyl groups is 1. The maximum absolute atomic E-state index is 11.7. The molecule has 102 valence electrons. The second-order valence-corrected chi connectivity index (χ2v) is 5.30. The number of furan rings is 1. The van der Waals surface area contributed by atoms with Crippen molar-refractivity contribution in [2.75, 3.05) is 6.61 Å². The van der Waals surface area contributed by atoms with Crippen molar-refractivity contribution < 1.29 is 19.1 Å². The van der Waals surface area contributed by atoms with Crippen molar-refractivity contribution in [3.8, 4) is 0 Å². The molecule has 1 aromatic rings. The second kappa shape index (κ2) is 5.91. The normalized spacial score (nSPS) is 14.9. The van der Waals surface area contributed by atoms with E-state index < -0.39 is 17.7 Å². The van der Waals surface area contributed by atoms with Crippen LogP contribution < -0.4 is 5.32 Å². The van der Waals surface area contributed by atoms with Crippen molar-refractivity contribution in [1.29, 1.82) is 0 Å². The molecule has 5 nitrogen and oxygen atoms in total. The fraction of sp³-hybridized carbons (Fsp3) is 0.615. The second-order valence-electron chi connectivity index (χ2n) is 5.30. The number of hydrogen-bond donors (Lipinski definition) is 2. The average molecular weight is 255 g/mol. The summed E-state index contributed by atoms with van der Waals surface area (Å²) in [6.45, 7) is 7.16. The first-order valence-corrected chi connectivity index (χ1v) is 5.97. The lowest BCUT2D eigenvalue weighted by atomic mass is 10.0. The Balaban J connectivity index is 2.71. The summed E-state index contributed by atoms with van der Waals surface area (Å²) >= 11 is 0. The third-order valence-corrected chi connectivity index (χ3v) is 2.38. The molecule has 1 heterocycles. The van der Waals surface area contributed by atoms with Gasteiger partial charge in [-0.05, 0) is 32.9 Å². The molecule has 0 aliphatic rings. The highest BCUT2D eigenvalue weighted by atomic mass is 16.6. The fourth-order valence-corrected chi connectivity index (χ4v) is 1.50. The minimum absolute atomic E-state index is 0.0544. The van der Waals surface area contributed by atoms with Gasteiger partial charge in [0.05, 0.1) is 12.3 Å². The first-order chi connectivity index (χ1) is 8.33. The number of carbonyl (C=O) groups excluding carboxylic acids is 1. The Hall–Kier alpha value is -1.49. The highest BCUT2D eigenvalue weighted by Gasteiger charge is 2.26. The van der Waals surface area contributed by atoms with Gasteiger partial charge in [0.1, 0.15) is 11.4 Å². The third-order valence-electron chi connectivity index (χ3n) is 2.38. The summed E-state index contributed by atoms with van der Waals surface area (Å²) in [5.41, 5.74) is -0.555. The number of aliphatic hydroxyl groups excluding tert-OH is 1. The summed E-state index contributed by atoms with van der Waals surface area (Å²) < 4.78 is 10.5. The summed E-state index contributed by atoms with van der Waals surface area (Å²) in [4.78, 5) is 11.7. The molecule has 0 aliphatic heterocycles. The molecule has 1 rings (SSSR count). The summed E-state index contributed by atoms with van der Waals surface area (Å²) in [5, 5.41) is 11.9. The van der Waals surface area contributed by atoms with Gasteiger partial charge in [0.2, 0.25) is 0 Å². The molecule has 0 saturated heterocycles. The molecular formula is C13H21NO4. The van der Waals surface area contributed by atoms with Crippen molar-refractivity contribution in [2.45, 2.75) is 39.3 Å². The van der Waals surface area contributed by atoms with Gasteiger partial charge in [-0.15, -0.1) is 0 Å². The van der Waals surface area contributed by atoms with Crippen molar-refractivity contribution in [3.63, 3.8) is 0 Å². The fourth-order valence-electron chi connectivity index (χ4n) is 1.50. The Morgan fingerprint density at radius 3 is 2.67 bits per heavy atom. The van der Waals surface area contributed by atoms with Crippen LogP contribution in [0.25, 0.3) is 0 Å². The monoisotopic (exact) mass is 255 g/mol. The van der Waals surface area contributed by atoms with Crippen LogP contribution in [0.2, 0.25) is 0 Å². The minimum Gasteiger partial charge on any atom is -0.467 e. The van der Waals surface area contributed by atoms with Gasteiger partial charge in [0.25, 0.3) is 0 Å². The van der Waals surface area contributed by atoms with Gasteiger partial charge in [0.15, 0.2) is 0 Å². The molecule has 1 aromatic heterocycles. The molecule has 2 N–H and O–H groups in total. The van der Waals surface area contributed by atoms with Crippen LogP contribution >= 0.6 is 0 Å². The quantitative estimate of drug-likeness (QED) is 0.867. The van der Waals surface area contributed by atoms with Crippen LogP contribution in [0.1, 0.15) is 39.5 Å². The van der Waals surface area contributed by atoms with Crippen molar-refractivity contribution in [2.24, 2.45) is 5.92 Å². The minimum atomic E-state index is -0.555. The molecule has 18 heavy (non-hydrogen) atoms. The summed E-state index contributed by atoms with van der Waals surface area (Å²) in [5.74, 6) is 0.436. The van der Waals surface area contributed by atoms with Crippen LogP contribution in [-0.2, 0) is 4.74 Å². The number of rotatable bonds is 4. The van der Waals surface area contributed by atoms with E-state index in [-0.39, 0.29) is 12.5 Å². The molecule has 1 amide bonds. The number of alkyl carbamates (subject to hydrolysis) is 1. The van der Waals surface area contributed by atoms with Crippen LogP contribution in [0.3, 0.4) is 0 Å². The van der Waals surface area contributed by atoms with Crippen molar-refractivity contribution in [1.82, 2.24) is 5.32 Å². The SMILES string of the molecule is C[C@H](CO)[C@H](NC(=O)OC(C)(C)C)c1ccco1. The predicted octanol–water partition coefficient (Wildman–Crippen LogP) is 2.47. The Morgan fingerprint density at radius 2 is 2.22 bits per heavy atom. The molecule has 2 atom stereocenters. The first-order valence-electron chi connectivity index (χ1n) is 5.97. The van der Waals surface area contributed by atoms with Crippen LogP contribution in [0.15, 0.2) is 22.8 Å². The van der Waals surface area contributed by atoms with Gasteiger partial charge in [-0.2, -0.15) is 0 Å². The Morgan fingerprint density at radius 1 is 1.56 bits per heavy atom. The van der Waals surface area contributed by atoms with Crippen LogP contribution in [-0.4, -0.2) is 23.4 Å². The topological polar surface area (TPSA) is 71.7 Å². The van der Waals surface area contributed by atoms with Gasteiger partial charge in [-0.25, -0.2) is 4.79 Å². The van der Waals surface area contributed by atoms with E-state index in [0.29, 0.717) is 5.76 Å². The van der Waals surface area contributed by atoms with Crippen LogP contribution in [0, 0.1) is 5.92 Å². The van der Waals surface area contributed by atoms with E-state index in [2.05, 4.69) is 5.32 Å². The molecule has 0 unspecified atom stereocenters. The van der Waals surface area contributed by atoms with Crippen molar-refractivity contribution in [3.05, 3.63) is 24.2 Å². The highest BCUT2D eigenvalue weighted by Crippen LogP contribution is 2.22. The first kappa shape index (κ1) is 14.6. The van der Waals surface area contributed by atoms with Crippen molar-refractivity contribution >= 4 is 6.09 Å².